The lowest BCUT2D eigenvalue weighted by molar-refractivity contribution is -0.385. The van der Waals surface area contributed by atoms with Crippen LogP contribution in [0.15, 0.2) is 122 Å². The standard InChI is InChI=1S/C20H14N4O10S3.C14H12N2O8S2.C8H12N2O2/c21-18-17(37(32,33)34)6-9-5-10(1-2-12(9)20(18)25)24-22-15-4-3-13-14(19(15)23-24)7-11(35(26,27)28)8-16(13)36(29,30)31;15-11-5-3-9(13(7-11)25(19,20)21)1-2-10-4-6-12(16(17)18)8-14(10)26(22,23)24;1-11-7-3-6(10)8(12-2)4-5(7)9/h1-8,25H,21H2,(H,26,27,28)(H,29,30,31)(H,32,33,34);1-8H,15H2,(H,19,20,21)(H,22,23,24);3-4H,9-10H2,1-2H3. The van der Waals surface area contributed by atoms with E-state index in [1.807, 2.05) is 0 Å². The van der Waals surface area contributed by atoms with E-state index in [0.717, 1.165) is 47.3 Å². The molecule has 0 bridgehead atoms. The molecular formula is C42H38N8O20S5. The number of aromatic nitrogens is 3. The number of ether oxygens (including phenoxy) is 2. The van der Waals surface area contributed by atoms with Gasteiger partial charge in [-0.2, -0.15) is 46.9 Å². The number of rotatable bonds is 11. The number of benzene rings is 7. The molecule has 0 unspecified atom stereocenters. The Kier molecular flexibility index (Phi) is 15.4. The summed E-state index contributed by atoms with van der Waals surface area (Å²) in [4.78, 5) is 7.47. The molecule has 7 aromatic carbocycles. The van der Waals surface area contributed by atoms with Crippen LogP contribution in [0.5, 0.6) is 17.2 Å². The maximum atomic E-state index is 11.9. The third-order valence-electron chi connectivity index (χ3n) is 10.4. The number of phenols is 1. The monoisotopic (exact) mass is 1130 g/mol. The third kappa shape index (κ3) is 12.4. The smallest absolute Gasteiger partial charge is 0.296 e. The Hall–Kier alpha value is -8.25. The summed E-state index contributed by atoms with van der Waals surface area (Å²) in [5.74, 6) is 0.554. The number of non-ortho nitro benzene ring substituents is 1. The second kappa shape index (κ2) is 20.6. The minimum Gasteiger partial charge on any atom is -0.505 e. The van der Waals surface area contributed by atoms with Crippen LogP contribution in [-0.2, 0) is 50.6 Å². The van der Waals surface area contributed by atoms with Gasteiger partial charge >= 0.3 is 0 Å². The zero-order chi connectivity index (χ0) is 55.9. The van der Waals surface area contributed by atoms with E-state index in [9.17, 15) is 80.1 Å². The number of anilines is 4. The molecule has 0 radical (unpaired) electrons. The Morgan fingerprint density at radius 3 is 1.59 bits per heavy atom. The maximum absolute atomic E-state index is 11.9. The van der Waals surface area contributed by atoms with E-state index >= 15 is 0 Å². The zero-order valence-electron chi connectivity index (χ0n) is 37.9. The second-order valence-corrected chi connectivity index (χ2v) is 22.3. The Labute approximate surface area is 423 Å². The van der Waals surface area contributed by atoms with Crippen LogP contribution in [0.1, 0.15) is 11.1 Å². The highest BCUT2D eigenvalue weighted by atomic mass is 32.2. The van der Waals surface area contributed by atoms with Gasteiger partial charge in [0, 0.05) is 46.1 Å². The van der Waals surface area contributed by atoms with Crippen molar-refractivity contribution in [1.29, 1.82) is 0 Å². The number of nitro groups is 1. The number of fused-ring (bicyclic) bond motifs is 4. The van der Waals surface area contributed by atoms with E-state index in [1.165, 1.54) is 56.7 Å². The second-order valence-electron chi connectivity index (χ2n) is 15.3. The summed E-state index contributed by atoms with van der Waals surface area (Å²) >= 11 is 0. The molecule has 8 rings (SSSR count). The summed E-state index contributed by atoms with van der Waals surface area (Å²) in [5.41, 5.74) is 22.6. The van der Waals surface area contributed by atoms with Gasteiger partial charge < -0.3 is 37.5 Å². The van der Waals surface area contributed by atoms with Gasteiger partial charge in [-0.05, 0) is 77.2 Å². The highest BCUT2D eigenvalue weighted by Crippen LogP contribution is 2.38. The Bertz CT molecular complexity index is 4260. The van der Waals surface area contributed by atoms with Gasteiger partial charge in [0.05, 0.1) is 46.8 Å². The first kappa shape index (κ1) is 56.1. The predicted molar refractivity (Wildman–Crippen MR) is 270 cm³/mol. The van der Waals surface area contributed by atoms with Gasteiger partial charge in [0.2, 0.25) is 0 Å². The van der Waals surface area contributed by atoms with Gasteiger partial charge in [-0.25, -0.2) is 0 Å². The van der Waals surface area contributed by atoms with E-state index in [4.69, 9.17) is 32.4 Å². The van der Waals surface area contributed by atoms with Crippen LogP contribution in [0.2, 0.25) is 0 Å². The fraction of sp³-hybridized carbons (Fsp3) is 0.0476. The molecule has 1 heterocycles. The summed E-state index contributed by atoms with van der Waals surface area (Å²) in [6.07, 6.45) is 2.27. The molecule has 28 nitrogen and oxygen atoms in total. The van der Waals surface area contributed by atoms with Gasteiger partial charge in [0.1, 0.15) is 47.9 Å². The van der Waals surface area contributed by atoms with Crippen molar-refractivity contribution in [2.75, 3.05) is 37.2 Å². The van der Waals surface area contributed by atoms with Crippen molar-refractivity contribution in [3.8, 4) is 22.9 Å². The van der Waals surface area contributed by atoms with Gasteiger partial charge in [-0.15, -0.1) is 10.2 Å². The number of aromatic hydroxyl groups is 1. The highest BCUT2D eigenvalue weighted by Gasteiger charge is 2.25. The number of hydrogen-bond donors (Lipinski definition) is 10. The van der Waals surface area contributed by atoms with E-state index in [1.54, 1.807) is 12.1 Å². The molecule has 0 aliphatic heterocycles. The maximum Gasteiger partial charge on any atom is 0.296 e. The van der Waals surface area contributed by atoms with E-state index in [0.29, 0.717) is 35.0 Å². The van der Waals surface area contributed by atoms with Gasteiger partial charge in [-0.1, -0.05) is 24.3 Å². The van der Waals surface area contributed by atoms with Crippen LogP contribution in [0.3, 0.4) is 0 Å². The third-order valence-corrected chi connectivity index (χ3v) is 14.9. The summed E-state index contributed by atoms with van der Waals surface area (Å²) in [7, 11) is -20.9. The molecule has 0 amide bonds. The fourth-order valence-electron chi connectivity index (χ4n) is 6.97. The Balaban J connectivity index is 0.000000208. The average Bonchev–Trinajstić information content (AvgIpc) is 3.76. The molecule has 75 heavy (non-hydrogen) atoms. The number of nitro benzene ring substituents is 1. The SMILES string of the molecule is COc1cc(N)c(OC)cc1N.Nc1c(S(=O)(=O)O)cc2cc(-n3nc4ccc5c(S(=O)(=O)O)cc(S(=O)(=O)O)cc5c4n3)ccc2c1O.Nc1ccc(C=Cc2ccc([N+](=O)[O-])cc2S(=O)(=O)O)c(S(=O)(=O)O)c1. The molecular weight excluding hydrogens is 1100 g/mol. The summed E-state index contributed by atoms with van der Waals surface area (Å²) in [6, 6.07) is 19.1. The van der Waals surface area contributed by atoms with Crippen LogP contribution in [0.4, 0.5) is 28.4 Å². The van der Waals surface area contributed by atoms with Gasteiger partial charge in [-0.3, -0.25) is 32.9 Å². The minimum atomic E-state index is -4.91. The van der Waals surface area contributed by atoms with E-state index in [-0.39, 0.29) is 55.1 Å². The number of nitrogens with two attached hydrogens (primary N) is 4. The molecule has 0 spiro atoms. The number of nitrogen functional groups attached to an aromatic ring is 4. The molecule has 8 aromatic rings. The molecule has 0 saturated heterocycles. The molecule has 0 aliphatic carbocycles. The molecule has 0 aliphatic rings. The van der Waals surface area contributed by atoms with Crippen molar-refractivity contribution < 1.29 is 84.4 Å². The highest BCUT2D eigenvalue weighted by molar-refractivity contribution is 7.87. The molecule has 14 N–H and O–H groups in total. The number of nitrogens with zero attached hydrogens (tertiary/aromatic N) is 4. The lowest BCUT2D eigenvalue weighted by Crippen LogP contribution is -2.04. The number of methoxy groups -OCH3 is 2. The first-order valence-electron chi connectivity index (χ1n) is 20.0. The topological polar surface area (TPSA) is 488 Å². The molecule has 0 atom stereocenters. The van der Waals surface area contributed by atoms with E-state index in [2.05, 4.69) is 10.2 Å². The van der Waals surface area contributed by atoms with Crippen molar-refractivity contribution in [1.82, 2.24) is 15.0 Å². The van der Waals surface area contributed by atoms with Crippen LogP contribution >= 0.6 is 0 Å². The first-order chi connectivity index (χ1) is 34.6. The number of hydrogen-bond acceptors (Lipinski definition) is 21. The molecule has 396 valence electrons. The van der Waals surface area contributed by atoms with Crippen molar-refractivity contribution in [2.24, 2.45) is 0 Å². The fourth-order valence-corrected chi connectivity index (χ4v) is 10.4. The minimum absolute atomic E-state index is 0.00627. The lowest BCUT2D eigenvalue weighted by atomic mass is 10.1. The van der Waals surface area contributed by atoms with E-state index < -0.39 is 97.1 Å². The van der Waals surface area contributed by atoms with Crippen LogP contribution < -0.4 is 32.4 Å². The van der Waals surface area contributed by atoms with Crippen molar-refractivity contribution in [3.63, 3.8) is 0 Å². The summed E-state index contributed by atoms with van der Waals surface area (Å²) in [5, 5.41) is 29.7. The van der Waals surface area contributed by atoms with Crippen molar-refractivity contribution >= 4 is 124 Å². The van der Waals surface area contributed by atoms with Crippen LogP contribution in [-0.4, -0.2) is 104 Å². The van der Waals surface area contributed by atoms with Crippen molar-refractivity contribution in [3.05, 3.63) is 118 Å². The lowest BCUT2D eigenvalue weighted by Gasteiger charge is -2.10. The number of phenolic OH excluding ortho intramolecular Hbond substituents is 1. The first-order valence-corrected chi connectivity index (χ1v) is 27.2. The Morgan fingerprint density at radius 1 is 0.560 bits per heavy atom. The molecule has 0 fully saturated rings. The van der Waals surface area contributed by atoms with Crippen LogP contribution in [0.25, 0.3) is 50.4 Å². The van der Waals surface area contributed by atoms with Crippen molar-refractivity contribution in [2.45, 2.75) is 24.5 Å². The van der Waals surface area contributed by atoms with Crippen LogP contribution in [0, 0.1) is 10.1 Å². The molecule has 33 heteroatoms. The zero-order valence-corrected chi connectivity index (χ0v) is 42.0. The largest absolute Gasteiger partial charge is 0.505 e. The summed E-state index contributed by atoms with van der Waals surface area (Å²) in [6.45, 7) is 0. The van der Waals surface area contributed by atoms with Gasteiger partial charge in [0.15, 0.2) is 0 Å². The predicted octanol–water partition coefficient (Wildman–Crippen LogP) is 4.46. The average molecular weight is 1140 g/mol. The Morgan fingerprint density at radius 2 is 1.08 bits per heavy atom. The quantitative estimate of drug-likeness (QED) is 0.0213. The summed E-state index contributed by atoms with van der Waals surface area (Å²) < 4.78 is 173. The molecule has 1 aromatic heterocycles. The molecule has 0 saturated carbocycles. The van der Waals surface area contributed by atoms with Gasteiger partial charge in [0.25, 0.3) is 56.3 Å². The normalized spacial score (nSPS) is 12.3.